The average Bonchev–Trinajstić information content (AvgIpc) is 3.68. The van der Waals surface area contributed by atoms with E-state index in [-0.39, 0.29) is 27.8 Å². The SMILES string of the molecule is O=C1C(=O)N(c2nnc(SCc3ccccc3F)s2)[C@H](c2cccc(OCc3ccccc3)c2)C1=C(O)c1ccc2c(c1)OCCO2. The van der Waals surface area contributed by atoms with Gasteiger partial charge in [-0.05, 0) is 53.1 Å². The Morgan fingerprint density at radius 1 is 0.936 bits per heavy atom. The summed E-state index contributed by atoms with van der Waals surface area (Å²) in [6, 6.07) is 26.9. The molecule has 0 spiro atoms. The second kappa shape index (κ2) is 13.3. The second-order valence-corrected chi connectivity index (χ2v) is 12.8. The Kier molecular flexibility index (Phi) is 8.60. The summed E-state index contributed by atoms with van der Waals surface area (Å²) in [5.74, 6) is -0.708. The van der Waals surface area contributed by atoms with Crippen LogP contribution in [-0.2, 0) is 21.9 Å². The number of anilines is 1. The van der Waals surface area contributed by atoms with Gasteiger partial charge in [-0.25, -0.2) is 4.39 Å². The van der Waals surface area contributed by atoms with Crippen molar-refractivity contribution in [3.8, 4) is 17.2 Å². The third-order valence-corrected chi connectivity index (χ3v) is 9.70. The molecule has 7 rings (SSSR count). The van der Waals surface area contributed by atoms with Crippen molar-refractivity contribution in [2.45, 2.75) is 22.7 Å². The first-order valence-electron chi connectivity index (χ1n) is 14.6. The highest BCUT2D eigenvalue weighted by molar-refractivity contribution is 8.00. The number of hydrogen-bond acceptors (Lipinski definition) is 10. The quantitative estimate of drug-likeness (QED) is 0.0587. The molecule has 2 aliphatic rings. The van der Waals surface area contributed by atoms with Gasteiger partial charge in [0.05, 0.1) is 11.6 Å². The molecule has 1 aromatic heterocycles. The minimum absolute atomic E-state index is 0.123. The van der Waals surface area contributed by atoms with Gasteiger partial charge in [-0.1, -0.05) is 83.8 Å². The first kappa shape index (κ1) is 30.5. The maximum atomic E-state index is 14.2. The number of benzene rings is 4. The first-order chi connectivity index (χ1) is 23.0. The van der Waals surface area contributed by atoms with E-state index in [1.165, 1.54) is 22.7 Å². The van der Waals surface area contributed by atoms with Crippen molar-refractivity contribution in [3.05, 3.63) is 131 Å². The van der Waals surface area contributed by atoms with Crippen LogP contribution in [0.5, 0.6) is 17.2 Å². The Hall–Kier alpha value is -5.20. The number of Topliss-reactive ketones (excluding diaryl/α,β-unsaturated/α-hetero) is 1. The fraction of sp³-hybridized carbons (Fsp3) is 0.143. The number of carbonyl (C=O) groups excluding carboxylic acids is 2. The lowest BCUT2D eigenvalue weighted by molar-refractivity contribution is -0.132. The van der Waals surface area contributed by atoms with Crippen molar-refractivity contribution < 1.29 is 33.3 Å². The summed E-state index contributed by atoms with van der Waals surface area (Å²) < 4.78 is 32.1. The van der Waals surface area contributed by atoms with E-state index >= 15 is 0 Å². The number of fused-ring (bicyclic) bond motifs is 1. The van der Waals surface area contributed by atoms with Crippen LogP contribution >= 0.6 is 23.1 Å². The lowest BCUT2D eigenvalue weighted by atomic mass is 9.95. The number of amides is 1. The molecule has 1 fully saturated rings. The number of aliphatic hydroxyl groups excluding tert-OH is 1. The third kappa shape index (κ3) is 6.29. The second-order valence-electron chi connectivity index (χ2n) is 10.6. The summed E-state index contributed by atoms with van der Waals surface area (Å²) in [7, 11) is 0. The molecule has 47 heavy (non-hydrogen) atoms. The predicted molar refractivity (Wildman–Crippen MR) is 175 cm³/mol. The molecule has 0 radical (unpaired) electrons. The summed E-state index contributed by atoms with van der Waals surface area (Å²) in [5.41, 5.74) is 2.15. The zero-order chi connectivity index (χ0) is 32.3. The van der Waals surface area contributed by atoms with E-state index in [1.807, 2.05) is 30.3 Å². The van der Waals surface area contributed by atoms with E-state index in [2.05, 4.69) is 10.2 Å². The van der Waals surface area contributed by atoms with Crippen LogP contribution in [0.1, 0.15) is 28.3 Å². The molecule has 1 amide bonds. The number of aliphatic hydroxyl groups is 1. The van der Waals surface area contributed by atoms with Crippen molar-refractivity contribution in [1.29, 1.82) is 0 Å². The molecule has 3 heterocycles. The normalized spacial score (nSPS) is 16.8. The van der Waals surface area contributed by atoms with Crippen LogP contribution in [0, 0.1) is 5.82 Å². The van der Waals surface area contributed by atoms with E-state index in [4.69, 9.17) is 14.2 Å². The molecule has 0 aliphatic carbocycles. The molecule has 5 aromatic rings. The van der Waals surface area contributed by atoms with E-state index in [1.54, 1.807) is 60.7 Å². The average molecular weight is 668 g/mol. The van der Waals surface area contributed by atoms with Gasteiger partial charge < -0.3 is 19.3 Å². The Balaban J connectivity index is 1.26. The Bertz CT molecular complexity index is 2000. The molecule has 0 unspecified atom stereocenters. The molecule has 12 heteroatoms. The van der Waals surface area contributed by atoms with Gasteiger partial charge in [-0.15, -0.1) is 10.2 Å². The number of hydrogen-bond donors (Lipinski definition) is 1. The molecular formula is C35H26FN3O6S2. The van der Waals surface area contributed by atoms with Gasteiger partial charge >= 0.3 is 5.91 Å². The van der Waals surface area contributed by atoms with Gasteiger partial charge in [0.1, 0.15) is 37.1 Å². The van der Waals surface area contributed by atoms with Crippen molar-refractivity contribution in [2.24, 2.45) is 0 Å². The number of ether oxygens (including phenoxy) is 3. The Morgan fingerprint density at radius 2 is 1.72 bits per heavy atom. The molecule has 1 N–H and O–H groups in total. The predicted octanol–water partition coefficient (Wildman–Crippen LogP) is 6.95. The van der Waals surface area contributed by atoms with Crippen LogP contribution in [0.3, 0.4) is 0 Å². The zero-order valence-corrected chi connectivity index (χ0v) is 26.3. The third-order valence-electron chi connectivity index (χ3n) is 7.59. The summed E-state index contributed by atoms with van der Waals surface area (Å²) in [6.07, 6.45) is 0. The van der Waals surface area contributed by atoms with Crippen LogP contribution < -0.4 is 19.1 Å². The molecule has 2 aliphatic heterocycles. The topological polar surface area (TPSA) is 111 Å². The molecule has 0 bridgehead atoms. The molecule has 1 atom stereocenters. The molecule has 1 saturated heterocycles. The Labute approximate surface area is 277 Å². The fourth-order valence-electron chi connectivity index (χ4n) is 5.32. The van der Waals surface area contributed by atoms with E-state index in [0.717, 1.165) is 16.9 Å². The van der Waals surface area contributed by atoms with Crippen LogP contribution in [0.4, 0.5) is 9.52 Å². The fourth-order valence-corrected chi connectivity index (χ4v) is 7.17. The van der Waals surface area contributed by atoms with Gasteiger partial charge in [0.2, 0.25) is 5.13 Å². The summed E-state index contributed by atoms with van der Waals surface area (Å²) in [5, 5.41) is 20.3. The van der Waals surface area contributed by atoms with Crippen LogP contribution in [0.25, 0.3) is 5.76 Å². The Morgan fingerprint density at radius 3 is 2.55 bits per heavy atom. The van der Waals surface area contributed by atoms with Crippen molar-refractivity contribution >= 4 is 45.7 Å². The molecule has 0 saturated carbocycles. The van der Waals surface area contributed by atoms with Gasteiger partial charge in [0, 0.05) is 11.3 Å². The molecule has 4 aromatic carbocycles. The molecule has 9 nitrogen and oxygen atoms in total. The number of nitrogens with zero attached hydrogens (tertiary/aromatic N) is 3. The van der Waals surface area contributed by atoms with Gasteiger partial charge in [-0.3, -0.25) is 14.5 Å². The summed E-state index contributed by atoms with van der Waals surface area (Å²) in [6.45, 7) is 1.04. The van der Waals surface area contributed by atoms with Crippen LogP contribution in [0.15, 0.2) is 107 Å². The van der Waals surface area contributed by atoms with Crippen molar-refractivity contribution in [2.75, 3.05) is 18.1 Å². The number of thioether (sulfide) groups is 1. The van der Waals surface area contributed by atoms with Gasteiger partial charge in [0.25, 0.3) is 5.78 Å². The van der Waals surface area contributed by atoms with E-state index in [9.17, 15) is 19.1 Å². The van der Waals surface area contributed by atoms with E-state index < -0.39 is 17.7 Å². The zero-order valence-electron chi connectivity index (χ0n) is 24.7. The van der Waals surface area contributed by atoms with Crippen LogP contribution in [-0.4, -0.2) is 40.2 Å². The first-order valence-corrected chi connectivity index (χ1v) is 16.4. The largest absolute Gasteiger partial charge is 0.507 e. The van der Waals surface area contributed by atoms with Crippen molar-refractivity contribution in [3.63, 3.8) is 0 Å². The highest BCUT2D eigenvalue weighted by Gasteiger charge is 2.48. The van der Waals surface area contributed by atoms with Gasteiger partial charge in [-0.2, -0.15) is 0 Å². The number of rotatable bonds is 9. The maximum Gasteiger partial charge on any atom is 0.301 e. The number of carbonyl (C=O) groups is 2. The highest BCUT2D eigenvalue weighted by atomic mass is 32.2. The summed E-state index contributed by atoms with van der Waals surface area (Å²) in [4.78, 5) is 28.7. The van der Waals surface area contributed by atoms with Gasteiger partial charge in [0.15, 0.2) is 15.8 Å². The minimum Gasteiger partial charge on any atom is -0.507 e. The lowest BCUT2D eigenvalue weighted by Gasteiger charge is -2.23. The summed E-state index contributed by atoms with van der Waals surface area (Å²) >= 11 is 2.36. The monoisotopic (exact) mass is 667 g/mol. The minimum atomic E-state index is -1.05. The van der Waals surface area contributed by atoms with Crippen molar-refractivity contribution in [1.82, 2.24) is 10.2 Å². The standard InChI is InChI=1S/C35H26FN3O6S2/c36-26-12-5-4-9-24(26)20-46-35-38-37-34(47-35)39-30(22-10-6-11-25(17-22)45-19-21-7-2-1-3-8-21)29(32(41)33(39)42)31(40)23-13-14-27-28(18-23)44-16-15-43-27/h1-14,17-18,30,40H,15-16,19-20H2/t30-/m1/s1. The van der Waals surface area contributed by atoms with E-state index in [0.29, 0.717) is 58.3 Å². The maximum absolute atomic E-state index is 14.2. The highest BCUT2D eigenvalue weighted by Crippen LogP contribution is 2.45. The lowest BCUT2D eigenvalue weighted by Crippen LogP contribution is -2.29. The number of ketones is 1. The molecular weight excluding hydrogens is 642 g/mol. The number of halogens is 1. The molecule has 236 valence electrons. The number of aromatic nitrogens is 2. The van der Waals surface area contributed by atoms with Crippen LogP contribution in [0.2, 0.25) is 0 Å². The smallest absolute Gasteiger partial charge is 0.301 e.